The zero-order valence-electron chi connectivity index (χ0n) is 9.75. The SMILES string of the molecule is CC.CN1CCC(NCC2COC2)C1. The Morgan fingerprint density at radius 3 is 2.50 bits per heavy atom. The summed E-state index contributed by atoms with van der Waals surface area (Å²) in [7, 11) is 2.19. The van der Waals surface area contributed by atoms with Gasteiger partial charge in [0.25, 0.3) is 0 Å². The Kier molecular flexibility index (Phi) is 5.45. The molecule has 0 spiro atoms. The third kappa shape index (κ3) is 3.56. The van der Waals surface area contributed by atoms with Gasteiger partial charge in [0.15, 0.2) is 0 Å². The van der Waals surface area contributed by atoms with E-state index in [-0.39, 0.29) is 0 Å². The zero-order valence-corrected chi connectivity index (χ0v) is 9.75. The summed E-state index contributed by atoms with van der Waals surface area (Å²) in [5.74, 6) is 0.788. The molecule has 0 amide bonds. The van der Waals surface area contributed by atoms with Gasteiger partial charge in [0.05, 0.1) is 13.2 Å². The van der Waals surface area contributed by atoms with Gasteiger partial charge in [0.2, 0.25) is 0 Å². The van der Waals surface area contributed by atoms with Crippen LogP contribution in [0.3, 0.4) is 0 Å². The van der Waals surface area contributed by atoms with E-state index in [9.17, 15) is 0 Å². The third-order valence-corrected chi connectivity index (χ3v) is 2.79. The number of hydrogen-bond acceptors (Lipinski definition) is 3. The van der Waals surface area contributed by atoms with Crippen LogP contribution >= 0.6 is 0 Å². The standard InChI is InChI=1S/C9H18N2O.C2H6/c1-11-3-2-9(5-11)10-4-8-6-12-7-8;1-2/h8-10H,2-7H2,1H3;1-2H3. The summed E-state index contributed by atoms with van der Waals surface area (Å²) in [6.07, 6.45) is 1.31. The number of nitrogens with one attached hydrogen (secondary N) is 1. The lowest BCUT2D eigenvalue weighted by Gasteiger charge is -2.27. The summed E-state index contributed by atoms with van der Waals surface area (Å²) in [6.45, 7) is 9.55. The Hall–Kier alpha value is -0.120. The van der Waals surface area contributed by atoms with Crippen molar-refractivity contribution in [3.05, 3.63) is 0 Å². The first-order valence-corrected chi connectivity index (χ1v) is 5.84. The first kappa shape index (κ1) is 12.0. The number of likely N-dealkylation sites (N-methyl/N-ethyl adjacent to an activating group) is 1. The second-order valence-electron chi connectivity index (χ2n) is 4.06. The number of rotatable bonds is 3. The lowest BCUT2D eigenvalue weighted by molar-refractivity contribution is -0.0315. The Balaban J connectivity index is 0.000000461. The summed E-state index contributed by atoms with van der Waals surface area (Å²) in [5.41, 5.74) is 0. The van der Waals surface area contributed by atoms with Crippen LogP contribution in [0.1, 0.15) is 20.3 Å². The molecule has 2 heterocycles. The molecule has 14 heavy (non-hydrogen) atoms. The molecule has 1 N–H and O–H groups in total. The highest BCUT2D eigenvalue weighted by Gasteiger charge is 2.22. The summed E-state index contributed by atoms with van der Waals surface area (Å²) in [6, 6.07) is 0.732. The van der Waals surface area contributed by atoms with Crippen molar-refractivity contribution in [2.75, 3.05) is 39.9 Å². The molecule has 3 nitrogen and oxygen atoms in total. The molecule has 1 atom stereocenters. The lowest BCUT2D eigenvalue weighted by Crippen LogP contribution is -2.41. The van der Waals surface area contributed by atoms with E-state index in [1.165, 1.54) is 19.5 Å². The quantitative estimate of drug-likeness (QED) is 0.734. The number of nitrogens with zero attached hydrogens (tertiary/aromatic N) is 1. The van der Waals surface area contributed by atoms with Gasteiger partial charge in [0, 0.05) is 25.0 Å². The van der Waals surface area contributed by atoms with E-state index in [1.807, 2.05) is 13.8 Å². The summed E-state index contributed by atoms with van der Waals surface area (Å²) < 4.78 is 5.12. The summed E-state index contributed by atoms with van der Waals surface area (Å²) in [5, 5.41) is 3.59. The highest BCUT2D eigenvalue weighted by molar-refractivity contribution is 4.80. The maximum absolute atomic E-state index is 5.12. The van der Waals surface area contributed by atoms with E-state index in [4.69, 9.17) is 4.74 Å². The predicted molar refractivity (Wildman–Crippen MR) is 59.6 cm³/mol. The van der Waals surface area contributed by atoms with Crippen LogP contribution in [-0.2, 0) is 4.74 Å². The Morgan fingerprint density at radius 2 is 2.07 bits per heavy atom. The van der Waals surface area contributed by atoms with Crippen LogP contribution in [0.2, 0.25) is 0 Å². The summed E-state index contributed by atoms with van der Waals surface area (Å²) in [4.78, 5) is 2.38. The molecule has 0 aromatic rings. The minimum atomic E-state index is 0.732. The smallest absolute Gasteiger partial charge is 0.0528 e. The second kappa shape index (κ2) is 6.38. The molecule has 2 rings (SSSR count). The van der Waals surface area contributed by atoms with Crippen LogP contribution in [0.15, 0.2) is 0 Å². The van der Waals surface area contributed by atoms with Crippen LogP contribution in [-0.4, -0.2) is 50.8 Å². The fourth-order valence-electron chi connectivity index (χ4n) is 1.84. The van der Waals surface area contributed by atoms with Crippen molar-refractivity contribution in [3.8, 4) is 0 Å². The molecular weight excluding hydrogens is 176 g/mol. The first-order valence-electron chi connectivity index (χ1n) is 5.84. The zero-order chi connectivity index (χ0) is 10.4. The number of ether oxygens (including phenoxy) is 1. The van der Waals surface area contributed by atoms with Gasteiger partial charge in [0.1, 0.15) is 0 Å². The maximum Gasteiger partial charge on any atom is 0.0528 e. The van der Waals surface area contributed by atoms with E-state index < -0.39 is 0 Å². The van der Waals surface area contributed by atoms with Gasteiger partial charge >= 0.3 is 0 Å². The molecule has 2 fully saturated rings. The molecule has 0 aliphatic carbocycles. The van der Waals surface area contributed by atoms with E-state index in [1.54, 1.807) is 0 Å². The minimum Gasteiger partial charge on any atom is -0.381 e. The average molecular weight is 200 g/mol. The van der Waals surface area contributed by atoms with Gasteiger partial charge in [-0.3, -0.25) is 0 Å². The van der Waals surface area contributed by atoms with Crippen molar-refractivity contribution >= 4 is 0 Å². The molecule has 84 valence electrons. The fourth-order valence-corrected chi connectivity index (χ4v) is 1.84. The highest BCUT2D eigenvalue weighted by Crippen LogP contribution is 2.10. The topological polar surface area (TPSA) is 24.5 Å². The van der Waals surface area contributed by atoms with E-state index >= 15 is 0 Å². The van der Waals surface area contributed by atoms with Crippen LogP contribution < -0.4 is 5.32 Å². The number of likely N-dealkylation sites (tertiary alicyclic amines) is 1. The van der Waals surface area contributed by atoms with Gasteiger partial charge in [-0.05, 0) is 20.0 Å². The average Bonchev–Trinajstić information content (AvgIpc) is 2.53. The van der Waals surface area contributed by atoms with E-state index in [0.717, 1.165) is 31.7 Å². The van der Waals surface area contributed by atoms with Gasteiger partial charge in [-0.1, -0.05) is 13.8 Å². The molecule has 0 aromatic carbocycles. The summed E-state index contributed by atoms with van der Waals surface area (Å²) >= 11 is 0. The molecule has 1 unspecified atom stereocenters. The number of hydrogen-bond donors (Lipinski definition) is 1. The largest absolute Gasteiger partial charge is 0.381 e. The molecule has 0 aromatic heterocycles. The van der Waals surface area contributed by atoms with Gasteiger partial charge < -0.3 is 15.0 Å². The molecule has 0 bridgehead atoms. The Labute approximate surface area is 87.8 Å². The molecule has 0 radical (unpaired) electrons. The van der Waals surface area contributed by atoms with Crippen LogP contribution in [0.4, 0.5) is 0 Å². The fraction of sp³-hybridized carbons (Fsp3) is 1.00. The Bertz CT molecular complexity index is 148. The molecule has 2 aliphatic heterocycles. The van der Waals surface area contributed by atoms with Crippen molar-refractivity contribution < 1.29 is 4.74 Å². The van der Waals surface area contributed by atoms with Crippen molar-refractivity contribution in [2.45, 2.75) is 26.3 Å². The second-order valence-corrected chi connectivity index (χ2v) is 4.06. The molecular formula is C11H24N2O. The monoisotopic (exact) mass is 200 g/mol. The molecule has 0 saturated carbocycles. The normalized spacial score (nSPS) is 28.1. The van der Waals surface area contributed by atoms with Crippen molar-refractivity contribution in [2.24, 2.45) is 5.92 Å². The predicted octanol–water partition coefficient (Wildman–Crippen LogP) is 0.953. The molecule has 2 saturated heterocycles. The van der Waals surface area contributed by atoms with E-state index in [0.29, 0.717) is 0 Å². The van der Waals surface area contributed by atoms with Crippen LogP contribution in [0, 0.1) is 5.92 Å². The highest BCUT2D eigenvalue weighted by atomic mass is 16.5. The van der Waals surface area contributed by atoms with Gasteiger partial charge in [-0.2, -0.15) is 0 Å². The lowest BCUT2D eigenvalue weighted by atomic mass is 10.1. The minimum absolute atomic E-state index is 0.732. The van der Waals surface area contributed by atoms with E-state index in [2.05, 4.69) is 17.3 Å². The Morgan fingerprint density at radius 1 is 1.36 bits per heavy atom. The maximum atomic E-state index is 5.12. The van der Waals surface area contributed by atoms with Crippen LogP contribution in [0.25, 0.3) is 0 Å². The first-order chi connectivity index (χ1) is 6.84. The van der Waals surface area contributed by atoms with Gasteiger partial charge in [-0.25, -0.2) is 0 Å². The molecule has 2 aliphatic rings. The van der Waals surface area contributed by atoms with Crippen molar-refractivity contribution in [1.82, 2.24) is 10.2 Å². The van der Waals surface area contributed by atoms with Crippen molar-refractivity contribution in [3.63, 3.8) is 0 Å². The van der Waals surface area contributed by atoms with Crippen LogP contribution in [0.5, 0.6) is 0 Å². The third-order valence-electron chi connectivity index (χ3n) is 2.79. The van der Waals surface area contributed by atoms with Gasteiger partial charge in [-0.15, -0.1) is 0 Å². The van der Waals surface area contributed by atoms with Crippen molar-refractivity contribution in [1.29, 1.82) is 0 Å². The molecule has 3 heteroatoms.